The van der Waals surface area contributed by atoms with Crippen molar-refractivity contribution in [3.63, 3.8) is 0 Å². The molecule has 1 saturated heterocycles. The number of piperidine rings is 1. The summed E-state index contributed by atoms with van der Waals surface area (Å²) >= 11 is 1.63. The van der Waals surface area contributed by atoms with E-state index >= 15 is 0 Å². The van der Waals surface area contributed by atoms with E-state index in [1.165, 1.54) is 16.0 Å². The smallest absolute Gasteiger partial charge is 0.261 e. The highest BCUT2D eigenvalue weighted by Crippen LogP contribution is 2.43. The molecule has 7 heteroatoms. The number of hydrogen-bond acceptors (Lipinski definition) is 5. The zero-order valence-electron chi connectivity index (χ0n) is 15.7. The van der Waals surface area contributed by atoms with Gasteiger partial charge in [-0.2, -0.15) is 0 Å². The van der Waals surface area contributed by atoms with E-state index in [9.17, 15) is 4.79 Å². The maximum absolute atomic E-state index is 12.8. The molecule has 0 aliphatic carbocycles. The molecule has 1 aromatic heterocycles. The first-order chi connectivity index (χ1) is 13.2. The summed E-state index contributed by atoms with van der Waals surface area (Å²) < 4.78 is 11.8. The Morgan fingerprint density at radius 1 is 1.18 bits per heavy atom. The molecule has 0 radical (unpaired) electrons. The Labute approximate surface area is 175 Å². The average Bonchev–Trinajstić information content (AvgIpc) is 3.34. The number of carbonyl (C=O) groups is 1. The van der Waals surface area contributed by atoms with Gasteiger partial charge < -0.3 is 20.1 Å². The van der Waals surface area contributed by atoms with Gasteiger partial charge in [-0.1, -0.05) is 12.1 Å². The summed E-state index contributed by atoms with van der Waals surface area (Å²) in [5, 5.41) is 6.49. The largest absolute Gasteiger partial charge is 0.493 e. The van der Waals surface area contributed by atoms with Crippen molar-refractivity contribution in [3.05, 3.63) is 50.7 Å². The summed E-state index contributed by atoms with van der Waals surface area (Å²) in [7, 11) is 0. The minimum absolute atomic E-state index is 0. The van der Waals surface area contributed by atoms with E-state index in [-0.39, 0.29) is 23.9 Å². The number of fused-ring (bicyclic) bond motifs is 3. The van der Waals surface area contributed by atoms with Crippen LogP contribution in [0, 0.1) is 0 Å². The fraction of sp³-hybridized carbons (Fsp3) is 0.476. The zero-order valence-corrected chi connectivity index (χ0v) is 17.3. The van der Waals surface area contributed by atoms with Gasteiger partial charge in [0, 0.05) is 24.3 Å². The second kappa shape index (κ2) is 8.03. The molecule has 5 nitrogen and oxygen atoms in total. The van der Waals surface area contributed by atoms with Crippen LogP contribution in [0.4, 0.5) is 0 Å². The quantitative estimate of drug-likeness (QED) is 0.800. The highest BCUT2D eigenvalue weighted by atomic mass is 35.5. The predicted molar refractivity (Wildman–Crippen MR) is 112 cm³/mol. The standard InChI is InChI=1S/C21H24N2O3S.ClH/c24-20(23-13-14-1-2-17-15(11-14)3-9-25-17)19-12-16-18(27-19)4-10-26-21(16)5-7-22-8-6-21;/h1-2,11-12,22H,3-10,13H2,(H,23,24);1H. The molecule has 2 aromatic rings. The van der Waals surface area contributed by atoms with Gasteiger partial charge in [-0.15, -0.1) is 23.7 Å². The SMILES string of the molecule is Cl.O=C(NCc1ccc2c(c1)CCO2)c1cc2c(s1)CCOC21CCNCC1. The van der Waals surface area contributed by atoms with Gasteiger partial charge in [-0.3, -0.25) is 4.79 Å². The van der Waals surface area contributed by atoms with E-state index in [1.54, 1.807) is 11.3 Å². The predicted octanol–water partition coefficient (Wildman–Crippen LogP) is 3.19. The van der Waals surface area contributed by atoms with E-state index in [0.717, 1.165) is 68.2 Å². The third kappa shape index (κ3) is 3.54. The van der Waals surface area contributed by atoms with Crippen molar-refractivity contribution in [1.82, 2.24) is 10.6 Å². The van der Waals surface area contributed by atoms with E-state index in [2.05, 4.69) is 22.8 Å². The van der Waals surface area contributed by atoms with Crippen molar-refractivity contribution in [2.45, 2.75) is 37.8 Å². The number of halogens is 1. The lowest BCUT2D eigenvalue weighted by molar-refractivity contribution is -0.0792. The molecule has 3 aliphatic heterocycles. The van der Waals surface area contributed by atoms with Gasteiger partial charge in [0.25, 0.3) is 5.91 Å². The van der Waals surface area contributed by atoms with E-state index in [0.29, 0.717) is 6.54 Å². The van der Waals surface area contributed by atoms with Gasteiger partial charge in [-0.05, 0) is 54.8 Å². The molecule has 1 fully saturated rings. The molecule has 1 aromatic carbocycles. The van der Waals surface area contributed by atoms with Gasteiger partial charge >= 0.3 is 0 Å². The van der Waals surface area contributed by atoms with Crippen LogP contribution in [0.3, 0.4) is 0 Å². The third-order valence-electron chi connectivity index (χ3n) is 5.85. The molecule has 0 unspecified atom stereocenters. The summed E-state index contributed by atoms with van der Waals surface area (Å²) in [5.41, 5.74) is 3.42. The fourth-order valence-electron chi connectivity index (χ4n) is 4.39. The van der Waals surface area contributed by atoms with Crippen LogP contribution in [-0.4, -0.2) is 32.2 Å². The molecule has 28 heavy (non-hydrogen) atoms. The first-order valence-corrected chi connectivity index (χ1v) is 10.6. The van der Waals surface area contributed by atoms with Gasteiger partial charge in [-0.25, -0.2) is 0 Å². The Hall–Kier alpha value is -1.60. The number of amides is 1. The van der Waals surface area contributed by atoms with Crippen molar-refractivity contribution in [2.24, 2.45) is 0 Å². The Kier molecular flexibility index (Phi) is 5.65. The van der Waals surface area contributed by atoms with Crippen LogP contribution >= 0.6 is 23.7 Å². The first-order valence-electron chi connectivity index (χ1n) is 9.74. The molecule has 2 N–H and O–H groups in total. The lowest BCUT2D eigenvalue weighted by atomic mass is 9.83. The number of nitrogens with one attached hydrogen (secondary N) is 2. The molecule has 0 bridgehead atoms. The van der Waals surface area contributed by atoms with Crippen LogP contribution in [0.1, 0.15) is 44.1 Å². The number of thiophene rings is 1. The second-order valence-corrected chi connectivity index (χ2v) is 8.65. The number of rotatable bonds is 3. The molecule has 5 rings (SSSR count). The minimum atomic E-state index is -0.187. The molecule has 1 spiro atoms. The van der Waals surface area contributed by atoms with Crippen LogP contribution in [0.5, 0.6) is 5.75 Å². The summed E-state index contributed by atoms with van der Waals surface area (Å²) in [6.45, 7) is 4.00. The van der Waals surface area contributed by atoms with E-state index < -0.39 is 0 Å². The van der Waals surface area contributed by atoms with Gasteiger partial charge in [0.1, 0.15) is 5.75 Å². The first kappa shape index (κ1) is 19.7. The van der Waals surface area contributed by atoms with Crippen LogP contribution in [0.2, 0.25) is 0 Å². The zero-order chi connectivity index (χ0) is 18.3. The lowest BCUT2D eigenvalue weighted by Crippen LogP contribution is -2.44. The third-order valence-corrected chi connectivity index (χ3v) is 7.04. The molecule has 1 amide bonds. The van der Waals surface area contributed by atoms with Crippen LogP contribution in [0.25, 0.3) is 0 Å². The second-order valence-electron chi connectivity index (χ2n) is 7.51. The average molecular weight is 421 g/mol. The maximum Gasteiger partial charge on any atom is 0.261 e. The number of hydrogen-bond donors (Lipinski definition) is 2. The van der Waals surface area contributed by atoms with Gasteiger partial charge in [0.15, 0.2) is 0 Å². The van der Waals surface area contributed by atoms with Gasteiger partial charge in [0.05, 0.1) is 23.7 Å². The Morgan fingerprint density at radius 3 is 2.89 bits per heavy atom. The fourth-order valence-corrected chi connectivity index (χ4v) is 5.54. The molecule has 4 heterocycles. The van der Waals surface area contributed by atoms with Crippen molar-refractivity contribution < 1.29 is 14.3 Å². The van der Waals surface area contributed by atoms with Gasteiger partial charge in [0.2, 0.25) is 0 Å². The number of benzene rings is 1. The molecule has 150 valence electrons. The van der Waals surface area contributed by atoms with Crippen molar-refractivity contribution >= 4 is 29.7 Å². The lowest BCUT2D eigenvalue weighted by Gasteiger charge is -2.40. The maximum atomic E-state index is 12.8. The Bertz CT molecular complexity index is 877. The topological polar surface area (TPSA) is 59.6 Å². The normalized spacial score (nSPS) is 19.3. The summed E-state index contributed by atoms with van der Waals surface area (Å²) in [5.74, 6) is 0.985. The highest BCUT2D eigenvalue weighted by molar-refractivity contribution is 7.14. The summed E-state index contributed by atoms with van der Waals surface area (Å²) in [6.07, 6.45) is 3.82. The Balaban J connectivity index is 0.00000192. The number of carbonyl (C=O) groups excluding carboxylic acids is 1. The van der Waals surface area contributed by atoms with Crippen molar-refractivity contribution in [1.29, 1.82) is 0 Å². The van der Waals surface area contributed by atoms with Crippen LogP contribution in [0.15, 0.2) is 24.3 Å². The molecular formula is C21H25ClN2O3S. The molecule has 3 aliphatic rings. The summed E-state index contributed by atoms with van der Waals surface area (Å²) in [6, 6.07) is 8.25. The van der Waals surface area contributed by atoms with E-state index in [4.69, 9.17) is 9.47 Å². The molecule has 0 saturated carbocycles. The Morgan fingerprint density at radius 2 is 2.04 bits per heavy atom. The van der Waals surface area contributed by atoms with Crippen molar-refractivity contribution in [2.75, 3.05) is 26.3 Å². The number of ether oxygens (including phenoxy) is 2. The molecule has 0 atom stereocenters. The van der Waals surface area contributed by atoms with Crippen LogP contribution in [-0.2, 0) is 29.7 Å². The van der Waals surface area contributed by atoms with Crippen molar-refractivity contribution in [3.8, 4) is 5.75 Å². The summed E-state index contributed by atoms with van der Waals surface area (Å²) in [4.78, 5) is 14.9. The highest BCUT2D eigenvalue weighted by Gasteiger charge is 2.40. The molecular weight excluding hydrogens is 396 g/mol. The van der Waals surface area contributed by atoms with E-state index in [1.807, 2.05) is 12.1 Å². The van der Waals surface area contributed by atoms with Crippen LogP contribution < -0.4 is 15.4 Å². The monoisotopic (exact) mass is 420 g/mol. The minimum Gasteiger partial charge on any atom is -0.493 e.